The molecular formula is C30H30F4N4O4S. The SMILES string of the molecule is CN([C@H]1CCC2=Cc3c(cnn3-c3ccc(F)cc3)C[C@]2(C(=O)c2cc(C(F)(F)F)ccn2)C1)S(=O)(=O)C1CCOCC1. The fourth-order valence-corrected chi connectivity index (χ4v) is 8.43. The number of carbonyl (C=O) groups excluding carboxylic acids is 1. The number of aromatic nitrogens is 3. The molecule has 43 heavy (non-hydrogen) atoms. The van der Waals surface area contributed by atoms with Gasteiger partial charge in [-0.2, -0.15) is 18.3 Å². The summed E-state index contributed by atoms with van der Waals surface area (Å²) in [5.74, 6) is -0.994. The predicted molar refractivity (Wildman–Crippen MR) is 149 cm³/mol. The number of Topliss-reactive ketones (excluding diaryl/α,β-unsaturated/α-hetero) is 1. The number of pyridine rings is 1. The number of benzene rings is 1. The molecule has 0 radical (unpaired) electrons. The largest absolute Gasteiger partial charge is 0.416 e. The van der Waals surface area contributed by atoms with E-state index in [1.54, 1.807) is 23.0 Å². The van der Waals surface area contributed by atoms with Crippen LogP contribution in [0.1, 0.15) is 59.4 Å². The first-order valence-electron chi connectivity index (χ1n) is 14.1. The van der Waals surface area contributed by atoms with Crippen molar-refractivity contribution < 1.29 is 35.5 Å². The number of ketones is 1. The van der Waals surface area contributed by atoms with E-state index in [1.807, 2.05) is 6.08 Å². The zero-order valence-corrected chi connectivity index (χ0v) is 24.2. The molecule has 13 heteroatoms. The molecule has 2 fully saturated rings. The highest BCUT2D eigenvalue weighted by molar-refractivity contribution is 7.89. The van der Waals surface area contributed by atoms with Crippen LogP contribution in [-0.2, 0) is 27.4 Å². The van der Waals surface area contributed by atoms with Crippen molar-refractivity contribution in [2.45, 2.75) is 56.0 Å². The van der Waals surface area contributed by atoms with E-state index in [-0.39, 0.29) is 18.5 Å². The molecular weight excluding hydrogens is 588 g/mol. The number of carbonyl (C=O) groups is 1. The maximum absolute atomic E-state index is 14.4. The lowest BCUT2D eigenvalue weighted by Crippen LogP contribution is -2.51. The minimum atomic E-state index is -4.67. The second-order valence-electron chi connectivity index (χ2n) is 11.4. The number of rotatable bonds is 6. The summed E-state index contributed by atoms with van der Waals surface area (Å²) in [5.41, 5.74) is -0.00292. The maximum Gasteiger partial charge on any atom is 0.416 e. The number of ether oxygens (including phenoxy) is 1. The number of alkyl halides is 3. The quantitative estimate of drug-likeness (QED) is 0.278. The van der Waals surface area contributed by atoms with Crippen molar-refractivity contribution in [2.75, 3.05) is 20.3 Å². The first-order valence-corrected chi connectivity index (χ1v) is 15.6. The highest BCUT2D eigenvalue weighted by Crippen LogP contribution is 2.51. The van der Waals surface area contributed by atoms with Gasteiger partial charge < -0.3 is 4.74 Å². The summed E-state index contributed by atoms with van der Waals surface area (Å²) in [6.07, 6.45) is 1.41. The average Bonchev–Trinajstić information content (AvgIpc) is 3.41. The van der Waals surface area contributed by atoms with Gasteiger partial charge in [-0.15, -0.1) is 0 Å². The van der Waals surface area contributed by atoms with E-state index in [9.17, 15) is 30.8 Å². The molecule has 1 aromatic carbocycles. The van der Waals surface area contributed by atoms with E-state index in [4.69, 9.17) is 4.74 Å². The molecule has 2 atom stereocenters. The molecule has 3 aliphatic rings. The Morgan fingerprint density at radius 3 is 2.53 bits per heavy atom. The van der Waals surface area contributed by atoms with Crippen molar-refractivity contribution in [3.05, 3.63) is 82.7 Å². The number of hydrogen-bond acceptors (Lipinski definition) is 6. The Labute approximate surface area is 246 Å². The van der Waals surface area contributed by atoms with Crippen LogP contribution >= 0.6 is 0 Å². The monoisotopic (exact) mass is 618 g/mol. The Morgan fingerprint density at radius 1 is 1.12 bits per heavy atom. The van der Waals surface area contributed by atoms with Gasteiger partial charge in [0.25, 0.3) is 0 Å². The third kappa shape index (κ3) is 5.31. The third-order valence-electron chi connectivity index (χ3n) is 8.97. The molecule has 1 saturated carbocycles. The number of nitrogens with zero attached hydrogens (tertiary/aromatic N) is 4. The van der Waals surface area contributed by atoms with E-state index < -0.39 is 50.1 Å². The first kappa shape index (κ1) is 29.6. The standard InChI is InChI=1S/C30H30F4N4O4S/c1-37(43(40,41)25-9-12-42-13-10-25)24-5-2-20-15-27-19(18-36-38(27)23-6-3-22(31)4-7-23)16-29(20,17-24)28(39)26-14-21(8-11-35-26)30(32,33)34/h3-4,6-8,11,14-15,18,24-25H,2,5,9-10,12-13,16-17H2,1H3/t24-,29-/m0/s1. The smallest absolute Gasteiger partial charge is 0.381 e. The summed E-state index contributed by atoms with van der Waals surface area (Å²) >= 11 is 0. The lowest BCUT2D eigenvalue weighted by Gasteiger charge is -2.46. The summed E-state index contributed by atoms with van der Waals surface area (Å²) in [7, 11) is -2.21. The number of hydrogen-bond donors (Lipinski definition) is 0. The lowest BCUT2D eigenvalue weighted by molar-refractivity contribution is -0.137. The van der Waals surface area contributed by atoms with Crippen LogP contribution in [0.2, 0.25) is 0 Å². The molecule has 3 aromatic rings. The summed E-state index contributed by atoms with van der Waals surface area (Å²) < 4.78 is 90.0. The van der Waals surface area contributed by atoms with Gasteiger partial charge in [0.1, 0.15) is 11.5 Å². The molecule has 0 N–H and O–H groups in total. The van der Waals surface area contributed by atoms with E-state index in [0.29, 0.717) is 61.4 Å². The highest BCUT2D eigenvalue weighted by atomic mass is 32.2. The van der Waals surface area contributed by atoms with Crippen LogP contribution < -0.4 is 0 Å². The summed E-state index contributed by atoms with van der Waals surface area (Å²) in [5, 5.41) is 3.87. The Kier molecular flexibility index (Phi) is 7.54. The zero-order chi connectivity index (χ0) is 30.6. The van der Waals surface area contributed by atoms with Crippen molar-refractivity contribution in [3.63, 3.8) is 0 Å². The Morgan fingerprint density at radius 2 is 1.84 bits per heavy atom. The molecule has 1 saturated heterocycles. The second-order valence-corrected chi connectivity index (χ2v) is 13.7. The van der Waals surface area contributed by atoms with Gasteiger partial charge in [0.05, 0.1) is 33.8 Å². The predicted octanol–water partition coefficient (Wildman–Crippen LogP) is 5.23. The molecule has 0 amide bonds. The Hall–Kier alpha value is -3.42. The summed E-state index contributed by atoms with van der Waals surface area (Å²) in [6, 6.07) is 6.79. The van der Waals surface area contributed by atoms with Gasteiger partial charge in [0, 0.05) is 32.5 Å². The van der Waals surface area contributed by atoms with Gasteiger partial charge in [-0.25, -0.2) is 21.8 Å². The van der Waals surface area contributed by atoms with E-state index in [0.717, 1.165) is 18.3 Å². The Balaban J connectivity index is 1.41. The molecule has 1 aliphatic heterocycles. The van der Waals surface area contributed by atoms with Gasteiger partial charge in [-0.1, -0.05) is 5.57 Å². The molecule has 0 spiro atoms. The molecule has 0 unspecified atom stereocenters. The minimum absolute atomic E-state index is 0.0791. The van der Waals surface area contributed by atoms with Crippen molar-refractivity contribution in [2.24, 2.45) is 5.41 Å². The molecule has 0 bridgehead atoms. The van der Waals surface area contributed by atoms with Crippen molar-refractivity contribution >= 4 is 21.9 Å². The topological polar surface area (TPSA) is 94.4 Å². The van der Waals surface area contributed by atoms with Crippen LogP contribution in [0.4, 0.5) is 17.6 Å². The van der Waals surface area contributed by atoms with Crippen molar-refractivity contribution in [1.82, 2.24) is 19.1 Å². The zero-order valence-electron chi connectivity index (χ0n) is 23.3. The Bertz CT molecular complexity index is 1680. The van der Waals surface area contributed by atoms with Gasteiger partial charge in [-0.3, -0.25) is 9.78 Å². The first-order chi connectivity index (χ1) is 20.4. The maximum atomic E-state index is 14.4. The summed E-state index contributed by atoms with van der Waals surface area (Å²) in [4.78, 5) is 18.4. The molecule has 3 heterocycles. The van der Waals surface area contributed by atoms with E-state index in [1.165, 1.54) is 23.5 Å². The van der Waals surface area contributed by atoms with Gasteiger partial charge >= 0.3 is 6.18 Å². The van der Waals surface area contributed by atoms with Crippen LogP contribution in [0, 0.1) is 11.2 Å². The molecule has 2 aromatic heterocycles. The second kappa shape index (κ2) is 10.9. The van der Waals surface area contributed by atoms with Crippen LogP contribution in [0.3, 0.4) is 0 Å². The van der Waals surface area contributed by atoms with E-state index >= 15 is 0 Å². The minimum Gasteiger partial charge on any atom is -0.381 e. The molecule has 6 rings (SSSR count). The molecule has 2 aliphatic carbocycles. The number of halogens is 4. The fraction of sp³-hybridized carbons (Fsp3) is 0.433. The number of sulfonamides is 1. The van der Waals surface area contributed by atoms with Gasteiger partial charge in [0.2, 0.25) is 10.0 Å². The summed E-state index contributed by atoms with van der Waals surface area (Å²) in [6.45, 7) is 0.694. The molecule has 228 valence electrons. The van der Waals surface area contributed by atoms with Crippen LogP contribution in [-0.4, -0.2) is 64.8 Å². The van der Waals surface area contributed by atoms with Crippen LogP contribution in [0.5, 0.6) is 0 Å². The fourth-order valence-electron chi connectivity index (χ4n) is 6.57. The van der Waals surface area contributed by atoms with Gasteiger partial charge in [-0.05, 0) is 86.6 Å². The van der Waals surface area contributed by atoms with Crippen LogP contribution in [0.25, 0.3) is 11.8 Å². The highest BCUT2D eigenvalue weighted by Gasteiger charge is 2.52. The normalized spacial score (nSPS) is 23.0. The lowest BCUT2D eigenvalue weighted by atomic mass is 9.60. The number of allylic oxidation sites excluding steroid dienone is 1. The van der Waals surface area contributed by atoms with Crippen LogP contribution in [0.15, 0.2) is 54.4 Å². The third-order valence-corrected chi connectivity index (χ3v) is 11.4. The van der Waals surface area contributed by atoms with Gasteiger partial charge in [0.15, 0.2) is 5.78 Å². The van der Waals surface area contributed by atoms with Crippen molar-refractivity contribution in [1.29, 1.82) is 0 Å². The number of fused-ring (bicyclic) bond motifs is 2. The molecule has 8 nitrogen and oxygen atoms in total. The van der Waals surface area contributed by atoms with Crippen molar-refractivity contribution in [3.8, 4) is 5.69 Å². The average molecular weight is 619 g/mol. The van der Waals surface area contributed by atoms with E-state index in [2.05, 4.69) is 10.1 Å².